The van der Waals surface area contributed by atoms with E-state index in [9.17, 15) is 0 Å². The average molecular weight is 229 g/mol. The van der Waals surface area contributed by atoms with E-state index in [1.54, 1.807) is 0 Å². The van der Waals surface area contributed by atoms with E-state index in [4.69, 9.17) is 11.2 Å². The van der Waals surface area contributed by atoms with Crippen LogP contribution in [0.4, 0.5) is 0 Å². The fourth-order valence-corrected chi connectivity index (χ4v) is 2.25. The van der Waals surface area contributed by atoms with Crippen molar-refractivity contribution >= 4 is 0 Å². The number of rotatable bonds is 3. The summed E-state index contributed by atoms with van der Waals surface area (Å²) < 4.78 is 5.72. The Kier molecular flexibility index (Phi) is 3.71. The first-order chi connectivity index (χ1) is 8.26. The van der Waals surface area contributed by atoms with Crippen molar-refractivity contribution in [3.05, 3.63) is 29.8 Å². The zero-order chi connectivity index (χ0) is 12.3. The van der Waals surface area contributed by atoms with Crippen LogP contribution in [0.2, 0.25) is 0 Å². The number of benzene rings is 1. The van der Waals surface area contributed by atoms with Crippen LogP contribution in [0.5, 0.6) is 5.75 Å². The van der Waals surface area contributed by atoms with Crippen molar-refractivity contribution in [2.24, 2.45) is 5.92 Å². The van der Waals surface area contributed by atoms with Crippen LogP contribution in [0.25, 0.3) is 0 Å². The topological polar surface area (TPSA) is 21.3 Å². The highest BCUT2D eigenvalue weighted by Gasteiger charge is 2.28. The van der Waals surface area contributed by atoms with Crippen LogP contribution in [0.3, 0.4) is 0 Å². The monoisotopic (exact) mass is 229 g/mol. The molecule has 1 aromatic rings. The minimum atomic E-state index is 0.133. The van der Waals surface area contributed by atoms with E-state index in [0.717, 1.165) is 18.8 Å². The molecule has 0 amide bonds. The van der Waals surface area contributed by atoms with Gasteiger partial charge in [0.25, 0.3) is 0 Å². The Morgan fingerprint density at radius 1 is 1.53 bits per heavy atom. The summed E-state index contributed by atoms with van der Waals surface area (Å²) in [5.74, 6) is 4.22. The Hall–Kier alpha value is -1.46. The molecular weight excluding hydrogens is 210 g/mol. The molecule has 0 saturated heterocycles. The number of terminal acetylenes is 1. The quantitative estimate of drug-likeness (QED) is 0.805. The van der Waals surface area contributed by atoms with Crippen LogP contribution in [0.1, 0.15) is 31.9 Å². The van der Waals surface area contributed by atoms with E-state index < -0.39 is 0 Å². The lowest BCUT2D eigenvalue weighted by atomic mass is 9.91. The first kappa shape index (κ1) is 12.0. The molecule has 17 heavy (non-hydrogen) atoms. The van der Waals surface area contributed by atoms with Gasteiger partial charge in [0, 0.05) is 17.5 Å². The summed E-state index contributed by atoms with van der Waals surface area (Å²) in [5, 5.41) is 3.55. The first-order valence-electron chi connectivity index (χ1n) is 6.20. The maximum atomic E-state index is 5.72. The molecular formula is C15H19NO. The van der Waals surface area contributed by atoms with Crippen molar-refractivity contribution < 1.29 is 4.74 Å². The Balaban J connectivity index is 2.24. The van der Waals surface area contributed by atoms with Gasteiger partial charge in [0.05, 0.1) is 12.6 Å². The Morgan fingerprint density at radius 2 is 2.29 bits per heavy atom. The van der Waals surface area contributed by atoms with Crippen LogP contribution in [-0.4, -0.2) is 12.6 Å². The van der Waals surface area contributed by atoms with E-state index in [1.165, 1.54) is 5.56 Å². The molecule has 0 saturated carbocycles. The van der Waals surface area contributed by atoms with Crippen molar-refractivity contribution in [1.29, 1.82) is 0 Å². The minimum Gasteiger partial charge on any atom is -0.493 e. The zero-order valence-electron chi connectivity index (χ0n) is 10.4. The van der Waals surface area contributed by atoms with Crippen LogP contribution in [-0.2, 0) is 0 Å². The van der Waals surface area contributed by atoms with Gasteiger partial charge in [-0.3, -0.25) is 5.32 Å². The van der Waals surface area contributed by atoms with Gasteiger partial charge in [-0.2, -0.15) is 0 Å². The van der Waals surface area contributed by atoms with E-state index in [-0.39, 0.29) is 6.04 Å². The average Bonchev–Trinajstić information content (AvgIpc) is 2.38. The molecule has 1 N–H and O–H groups in total. The van der Waals surface area contributed by atoms with Crippen molar-refractivity contribution in [2.45, 2.75) is 32.4 Å². The first-order valence-corrected chi connectivity index (χ1v) is 6.20. The van der Waals surface area contributed by atoms with E-state index in [1.807, 2.05) is 18.2 Å². The summed E-state index contributed by atoms with van der Waals surface area (Å²) >= 11 is 0. The maximum Gasteiger partial charge on any atom is 0.124 e. The van der Waals surface area contributed by atoms with Gasteiger partial charge < -0.3 is 4.74 Å². The Bertz CT molecular complexity index is 421. The number of hydrogen-bond donors (Lipinski definition) is 1. The summed E-state index contributed by atoms with van der Waals surface area (Å²) in [5.41, 5.74) is 1.22. The molecule has 2 rings (SSSR count). The number of ether oxygens (including phenoxy) is 1. The summed E-state index contributed by atoms with van der Waals surface area (Å²) in [6.45, 7) is 5.04. The second-order valence-electron chi connectivity index (χ2n) is 4.60. The molecule has 2 nitrogen and oxygen atoms in total. The van der Waals surface area contributed by atoms with Crippen molar-refractivity contribution in [2.75, 3.05) is 6.61 Å². The fourth-order valence-electron chi connectivity index (χ4n) is 2.25. The number of nitrogens with one attached hydrogen (secondary N) is 1. The molecule has 1 aliphatic heterocycles. The van der Waals surface area contributed by atoms with Gasteiger partial charge in [-0.15, -0.1) is 6.42 Å². The molecule has 3 unspecified atom stereocenters. The van der Waals surface area contributed by atoms with Crippen LogP contribution < -0.4 is 10.1 Å². The predicted octanol–water partition coefficient (Wildman–Crippen LogP) is 2.76. The van der Waals surface area contributed by atoms with E-state index >= 15 is 0 Å². The lowest BCUT2D eigenvalue weighted by Gasteiger charge is -2.33. The number of hydrogen-bond acceptors (Lipinski definition) is 2. The lowest BCUT2D eigenvalue weighted by Crippen LogP contribution is -2.39. The lowest BCUT2D eigenvalue weighted by molar-refractivity contribution is 0.184. The third-order valence-corrected chi connectivity index (χ3v) is 3.32. The van der Waals surface area contributed by atoms with Crippen molar-refractivity contribution in [1.82, 2.24) is 5.32 Å². The van der Waals surface area contributed by atoms with Crippen LogP contribution >= 0.6 is 0 Å². The highest BCUT2D eigenvalue weighted by atomic mass is 16.5. The molecule has 1 aromatic carbocycles. The van der Waals surface area contributed by atoms with E-state index in [2.05, 4.69) is 31.2 Å². The van der Waals surface area contributed by atoms with Crippen LogP contribution in [0, 0.1) is 18.3 Å². The maximum absolute atomic E-state index is 5.72. The van der Waals surface area contributed by atoms with Gasteiger partial charge in [-0.05, 0) is 12.5 Å². The summed E-state index contributed by atoms with van der Waals surface area (Å²) in [7, 11) is 0. The molecule has 0 aromatic heterocycles. The molecule has 90 valence electrons. The molecule has 0 aliphatic carbocycles. The molecule has 0 radical (unpaired) electrons. The minimum absolute atomic E-state index is 0.133. The van der Waals surface area contributed by atoms with E-state index in [0.29, 0.717) is 12.0 Å². The van der Waals surface area contributed by atoms with Gasteiger partial charge >= 0.3 is 0 Å². The van der Waals surface area contributed by atoms with Crippen molar-refractivity contribution in [3.63, 3.8) is 0 Å². The van der Waals surface area contributed by atoms with Crippen molar-refractivity contribution in [3.8, 4) is 18.1 Å². The highest BCUT2D eigenvalue weighted by Crippen LogP contribution is 2.35. The summed E-state index contributed by atoms with van der Waals surface area (Å²) in [6.07, 6.45) is 6.47. The molecule has 2 heteroatoms. The van der Waals surface area contributed by atoms with Gasteiger partial charge in [0.15, 0.2) is 0 Å². The summed E-state index contributed by atoms with van der Waals surface area (Å²) in [4.78, 5) is 0. The second-order valence-corrected chi connectivity index (χ2v) is 4.60. The Morgan fingerprint density at radius 3 is 3.00 bits per heavy atom. The highest BCUT2D eigenvalue weighted by molar-refractivity contribution is 5.38. The van der Waals surface area contributed by atoms with Gasteiger partial charge in [-0.25, -0.2) is 0 Å². The molecule has 0 bridgehead atoms. The second kappa shape index (κ2) is 5.25. The third-order valence-electron chi connectivity index (χ3n) is 3.32. The molecule has 0 spiro atoms. The molecule has 0 fully saturated rings. The fraction of sp³-hybridized carbons (Fsp3) is 0.467. The largest absolute Gasteiger partial charge is 0.493 e. The zero-order valence-corrected chi connectivity index (χ0v) is 10.4. The molecule has 3 atom stereocenters. The Labute approximate surface area is 103 Å². The molecule has 1 heterocycles. The number of fused-ring (bicyclic) bond motifs is 1. The van der Waals surface area contributed by atoms with Gasteiger partial charge in [0.1, 0.15) is 5.75 Å². The third kappa shape index (κ3) is 2.45. The van der Waals surface area contributed by atoms with Gasteiger partial charge in [-0.1, -0.05) is 38.0 Å². The standard InChI is InChI=1S/C15H19NO/c1-4-12(5-2)16-15-11(3)10-17-14-9-7-6-8-13(14)15/h1,6-9,11-12,15-16H,5,10H2,2-3H3. The summed E-state index contributed by atoms with van der Waals surface area (Å²) in [6, 6.07) is 8.61. The predicted molar refractivity (Wildman–Crippen MR) is 69.9 cm³/mol. The smallest absolute Gasteiger partial charge is 0.124 e. The van der Waals surface area contributed by atoms with Gasteiger partial charge in [0.2, 0.25) is 0 Å². The SMILES string of the molecule is C#CC(CC)NC1c2ccccc2OCC1C. The normalized spacial score (nSPS) is 24.3. The van der Waals surface area contributed by atoms with Crippen LogP contribution in [0.15, 0.2) is 24.3 Å². The number of para-hydroxylation sites is 1. The molecule has 1 aliphatic rings.